The highest BCUT2D eigenvalue weighted by Crippen LogP contribution is 2.15. The molecule has 4 nitrogen and oxygen atoms in total. The molecule has 0 bridgehead atoms. The van der Waals surface area contributed by atoms with Crippen LogP contribution >= 0.6 is 15.9 Å². The number of nitriles is 1. The first kappa shape index (κ1) is 16.8. The Labute approximate surface area is 144 Å². The normalized spacial score (nSPS) is 10.7. The Bertz CT molecular complexity index is 761. The predicted octanol–water partition coefficient (Wildman–Crippen LogP) is 3.89. The molecule has 0 saturated heterocycles. The number of amides is 1. The maximum absolute atomic E-state index is 12.1. The largest absolute Gasteiger partial charge is 0.386 e. The Hall–Kier alpha value is -2.58. The molecule has 2 aromatic rings. The van der Waals surface area contributed by atoms with Gasteiger partial charge in [0.25, 0.3) is 5.91 Å². The van der Waals surface area contributed by atoms with Crippen LogP contribution in [0.3, 0.4) is 0 Å². The van der Waals surface area contributed by atoms with Gasteiger partial charge in [0.15, 0.2) is 0 Å². The van der Waals surface area contributed by atoms with Crippen molar-refractivity contribution in [3.05, 3.63) is 75.9 Å². The van der Waals surface area contributed by atoms with Gasteiger partial charge < -0.3 is 10.6 Å². The van der Waals surface area contributed by atoms with E-state index >= 15 is 0 Å². The van der Waals surface area contributed by atoms with Gasteiger partial charge in [-0.05, 0) is 30.7 Å². The van der Waals surface area contributed by atoms with E-state index in [1.807, 2.05) is 49.4 Å². The van der Waals surface area contributed by atoms with Gasteiger partial charge in [0.05, 0.1) is 0 Å². The van der Waals surface area contributed by atoms with E-state index in [0.29, 0.717) is 12.2 Å². The van der Waals surface area contributed by atoms with Crippen LogP contribution in [-0.4, -0.2) is 5.91 Å². The van der Waals surface area contributed by atoms with E-state index in [-0.39, 0.29) is 5.57 Å². The van der Waals surface area contributed by atoms with Gasteiger partial charge >= 0.3 is 0 Å². The molecule has 0 aliphatic rings. The average Bonchev–Trinajstić information content (AvgIpc) is 2.55. The number of anilines is 1. The minimum absolute atomic E-state index is 0.0256. The lowest BCUT2D eigenvalue weighted by molar-refractivity contribution is -0.112. The van der Waals surface area contributed by atoms with Crippen LogP contribution in [0.1, 0.15) is 11.1 Å². The highest BCUT2D eigenvalue weighted by Gasteiger charge is 2.09. The third-order valence-electron chi connectivity index (χ3n) is 3.17. The van der Waals surface area contributed by atoms with Crippen LogP contribution in [0, 0.1) is 18.3 Å². The van der Waals surface area contributed by atoms with Crippen LogP contribution in [0.5, 0.6) is 0 Å². The maximum Gasteiger partial charge on any atom is 0.267 e. The third-order valence-corrected chi connectivity index (χ3v) is 3.94. The summed E-state index contributed by atoms with van der Waals surface area (Å²) in [5.74, 6) is -0.434. The van der Waals surface area contributed by atoms with E-state index in [4.69, 9.17) is 5.26 Å². The fourth-order valence-corrected chi connectivity index (χ4v) is 2.31. The van der Waals surface area contributed by atoms with Crippen molar-refractivity contribution in [3.63, 3.8) is 0 Å². The summed E-state index contributed by atoms with van der Waals surface area (Å²) >= 11 is 3.45. The van der Waals surface area contributed by atoms with Crippen molar-refractivity contribution < 1.29 is 4.79 Å². The molecule has 2 aromatic carbocycles. The lowest BCUT2D eigenvalue weighted by atomic mass is 10.2. The summed E-state index contributed by atoms with van der Waals surface area (Å²) in [7, 11) is 0. The van der Waals surface area contributed by atoms with Gasteiger partial charge in [0, 0.05) is 22.9 Å². The highest BCUT2D eigenvalue weighted by atomic mass is 79.9. The molecule has 2 N–H and O–H groups in total. The number of carbonyl (C=O) groups excluding carboxylic acids is 1. The molecule has 2 rings (SSSR count). The van der Waals surface area contributed by atoms with Crippen molar-refractivity contribution in [1.29, 1.82) is 5.26 Å². The molecule has 0 fully saturated rings. The molecule has 0 spiro atoms. The number of benzene rings is 2. The van der Waals surface area contributed by atoms with Crippen LogP contribution in [-0.2, 0) is 11.3 Å². The zero-order valence-corrected chi connectivity index (χ0v) is 14.2. The Morgan fingerprint density at radius 2 is 1.91 bits per heavy atom. The second kappa shape index (κ2) is 8.16. The highest BCUT2D eigenvalue weighted by molar-refractivity contribution is 9.10. The molecule has 0 unspecified atom stereocenters. The Morgan fingerprint density at radius 1 is 1.22 bits per heavy atom. The Morgan fingerprint density at radius 3 is 2.57 bits per heavy atom. The zero-order chi connectivity index (χ0) is 16.7. The molecule has 0 atom stereocenters. The summed E-state index contributed by atoms with van der Waals surface area (Å²) < 4.78 is 0.975. The van der Waals surface area contributed by atoms with Crippen LogP contribution in [0.2, 0.25) is 0 Å². The number of nitrogens with one attached hydrogen (secondary N) is 2. The van der Waals surface area contributed by atoms with Crippen molar-refractivity contribution in [2.45, 2.75) is 13.5 Å². The molecule has 0 heterocycles. The van der Waals surface area contributed by atoms with Gasteiger partial charge in [-0.1, -0.05) is 51.8 Å². The minimum Gasteiger partial charge on any atom is -0.386 e. The van der Waals surface area contributed by atoms with E-state index in [2.05, 4.69) is 26.6 Å². The third kappa shape index (κ3) is 4.97. The van der Waals surface area contributed by atoms with Gasteiger partial charge in [-0.2, -0.15) is 5.26 Å². The second-order valence-electron chi connectivity index (χ2n) is 4.96. The molecule has 1 amide bonds. The zero-order valence-electron chi connectivity index (χ0n) is 12.6. The first-order valence-corrected chi connectivity index (χ1v) is 7.84. The number of hydrogen-bond acceptors (Lipinski definition) is 3. The maximum atomic E-state index is 12.1. The molecule has 23 heavy (non-hydrogen) atoms. The van der Waals surface area contributed by atoms with Crippen LogP contribution in [0.25, 0.3) is 0 Å². The smallest absolute Gasteiger partial charge is 0.267 e. The fourth-order valence-electron chi connectivity index (χ4n) is 1.89. The van der Waals surface area contributed by atoms with E-state index in [1.165, 1.54) is 6.20 Å². The monoisotopic (exact) mass is 369 g/mol. The van der Waals surface area contributed by atoms with Gasteiger partial charge in [0.1, 0.15) is 11.6 Å². The van der Waals surface area contributed by atoms with Crippen molar-refractivity contribution in [3.8, 4) is 6.07 Å². The quantitative estimate of drug-likeness (QED) is 0.620. The van der Waals surface area contributed by atoms with Gasteiger partial charge in [-0.25, -0.2) is 0 Å². The van der Waals surface area contributed by atoms with Crippen molar-refractivity contribution in [2.24, 2.45) is 0 Å². The summed E-state index contributed by atoms with van der Waals surface area (Å²) in [6.45, 7) is 2.49. The van der Waals surface area contributed by atoms with E-state index in [0.717, 1.165) is 15.6 Å². The molecular formula is C18H16BrN3O. The Kier molecular flexibility index (Phi) is 5.95. The van der Waals surface area contributed by atoms with Crippen LogP contribution in [0.4, 0.5) is 5.69 Å². The summed E-state index contributed by atoms with van der Waals surface area (Å²) in [4.78, 5) is 12.1. The van der Waals surface area contributed by atoms with Crippen molar-refractivity contribution in [1.82, 2.24) is 5.32 Å². The van der Waals surface area contributed by atoms with Gasteiger partial charge in [-0.3, -0.25) is 4.79 Å². The summed E-state index contributed by atoms with van der Waals surface area (Å²) in [6, 6.07) is 17.1. The molecule has 0 aliphatic carbocycles. The van der Waals surface area contributed by atoms with Gasteiger partial charge in [-0.15, -0.1) is 0 Å². The number of aryl methyl sites for hydroxylation is 1. The molecule has 0 aromatic heterocycles. The standard InChI is InChI=1S/C18H16BrN3O/c1-13-6-8-16(9-7-13)22-18(23)15(10-20)12-21-11-14-4-2-3-5-17(14)19/h2-9,12,21H,11H2,1H3,(H,22,23)/b15-12-. The predicted molar refractivity (Wildman–Crippen MR) is 94.5 cm³/mol. The summed E-state index contributed by atoms with van der Waals surface area (Å²) in [5, 5.41) is 14.8. The minimum atomic E-state index is -0.434. The number of carbonyl (C=O) groups is 1. The van der Waals surface area contributed by atoms with Crippen LogP contribution in [0.15, 0.2) is 64.8 Å². The lowest BCUT2D eigenvalue weighted by Gasteiger charge is -2.06. The topological polar surface area (TPSA) is 64.9 Å². The number of halogens is 1. The Balaban J connectivity index is 1.98. The van der Waals surface area contributed by atoms with E-state index in [9.17, 15) is 4.79 Å². The molecule has 0 aliphatic heterocycles. The van der Waals surface area contributed by atoms with Crippen LogP contribution < -0.4 is 10.6 Å². The van der Waals surface area contributed by atoms with Crippen molar-refractivity contribution in [2.75, 3.05) is 5.32 Å². The second-order valence-corrected chi connectivity index (χ2v) is 5.82. The molecular weight excluding hydrogens is 354 g/mol. The summed E-state index contributed by atoms with van der Waals surface area (Å²) in [6.07, 6.45) is 1.43. The molecule has 0 radical (unpaired) electrons. The lowest BCUT2D eigenvalue weighted by Crippen LogP contribution is -2.16. The summed E-state index contributed by atoms with van der Waals surface area (Å²) in [5.41, 5.74) is 2.83. The van der Waals surface area contributed by atoms with E-state index < -0.39 is 5.91 Å². The SMILES string of the molecule is Cc1ccc(NC(=O)/C(C#N)=C\NCc2ccccc2Br)cc1. The fraction of sp³-hybridized carbons (Fsp3) is 0.111. The number of rotatable bonds is 5. The molecule has 0 saturated carbocycles. The first-order chi connectivity index (χ1) is 11.1. The first-order valence-electron chi connectivity index (χ1n) is 7.05. The van der Waals surface area contributed by atoms with Gasteiger partial charge in [0.2, 0.25) is 0 Å². The average molecular weight is 370 g/mol. The molecule has 116 valence electrons. The number of hydrogen-bond donors (Lipinski definition) is 2. The molecule has 5 heteroatoms. The van der Waals surface area contributed by atoms with Crippen molar-refractivity contribution >= 4 is 27.5 Å². The van der Waals surface area contributed by atoms with E-state index in [1.54, 1.807) is 12.1 Å². The number of nitrogens with zero attached hydrogens (tertiary/aromatic N) is 1.